The first kappa shape index (κ1) is 14.4. The second kappa shape index (κ2) is 5.16. The van der Waals surface area contributed by atoms with Crippen molar-refractivity contribution in [3.8, 4) is 0 Å². The molecule has 1 N–H and O–H groups in total. The van der Waals surface area contributed by atoms with Gasteiger partial charge in [0.2, 0.25) is 0 Å². The van der Waals surface area contributed by atoms with Crippen molar-refractivity contribution in [2.24, 2.45) is 7.05 Å². The van der Waals surface area contributed by atoms with Gasteiger partial charge in [0.25, 0.3) is 0 Å². The highest BCUT2D eigenvalue weighted by atomic mass is 32.2. The van der Waals surface area contributed by atoms with Crippen molar-refractivity contribution in [1.82, 2.24) is 14.5 Å². The van der Waals surface area contributed by atoms with E-state index in [1.54, 1.807) is 17.8 Å². The van der Waals surface area contributed by atoms with E-state index in [4.69, 9.17) is 5.11 Å². The molecule has 2 aromatic rings. The van der Waals surface area contributed by atoms with Crippen molar-refractivity contribution in [2.45, 2.75) is 16.4 Å². The SMILES string of the molecule is Cn1ccnc1Sc1nc(C(F)(F)F)ccc1C(=O)O. The summed E-state index contributed by atoms with van der Waals surface area (Å²) in [7, 11) is 1.64. The Balaban J connectivity index is 2.47. The fourth-order valence-electron chi connectivity index (χ4n) is 1.38. The molecular formula is C11H8F3N3O2S. The van der Waals surface area contributed by atoms with Crippen LogP contribution in [-0.4, -0.2) is 25.6 Å². The normalized spacial score (nSPS) is 11.6. The van der Waals surface area contributed by atoms with Gasteiger partial charge in [0.05, 0.1) is 5.56 Å². The number of rotatable bonds is 3. The quantitative estimate of drug-likeness (QED) is 0.944. The molecule has 0 saturated heterocycles. The minimum atomic E-state index is -4.63. The predicted octanol–water partition coefficient (Wildman–Crippen LogP) is 2.68. The maximum absolute atomic E-state index is 12.6. The van der Waals surface area contributed by atoms with E-state index >= 15 is 0 Å². The number of nitrogens with zero attached hydrogens (tertiary/aromatic N) is 3. The maximum atomic E-state index is 12.6. The first-order chi connectivity index (χ1) is 9.29. The van der Waals surface area contributed by atoms with E-state index in [-0.39, 0.29) is 10.6 Å². The van der Waals surface area contributed by atoms with Crippen LogP contribution < -0.4 is 0 Å². The van der Waals surface area contributed by atoms with Crippen LogP contribution in [0.2, 0.25) is 0 Å². The number of hydrogen-bond acceptors (Lipinski definition) is 4. The van der Waals surface area contributed by atoms with E-state index in [9.17, 15) is 18.0 Å². The first-order valence-corrected chi connectivity index (χ1v) is 6.07. The summed E-state index contributed by atoms with van der Waals surface area (Å²) in [5, 5.41) is 9.09. The van der Waals surface area contributed by atoms with Crippen molar-refractivity contribution in [3.05, 3.63) is 35.8 Å². The third-order valence-corrected chi connectivity index (χ3v) is 3.43. The van der Waals surface area contributed by atoms with Crippen LogP contribution in [0, 0.1) is 0 Å². The Bertz CT molecular complexity index is 655. The molecular weight excluding hydrogens is 295 g/mol. The molecule has 2 rings (SSSR count). The first-order valence-electron chi connectivity index (χ1n) is 5.25. The van der Waals surface area contributed by atoms with Crippen LogP contribution in [0.25, 0.3) is 0 Å². The Morgan fingerprint density at radius 1 is 1.40 bits per heavy atom. The zero-order valence-electron chi connectivity index (χ0n) is 10.0. The molecule has 0 spiro atoms. The lowest BCUT2D eigenvalue weighted by Crippen LogP contribution is -2.11. The summed E-state index contributed by atoms with van der Waals surface area (Å²) in [4.78, 5) is 18.3. The molecule has 2 aromatic heterocycles. The third-order valence-electron chi connectivity index (χ3n) is 2.35. The highest BCUT2D eigenvalue weighted by Crippen LogP contribution is 2.33. The summed E-state index contributed by atoms with van der Waals surface area (Å²) in [6.07, 6.45) is -1.58. The lowest BCUT2D eigenvalue weighted by atomic mass is 10.2. The standard InChI is InChI=1S/C11H8F3N3O2S/c1-17-5-4-15-10(17)20-8-6(9(18)19)2-3-7(16-8)11(12,13)14/h2-5H,1H3,(H,18,19). The minimum absolute atomic E-state index is 0.248. The monoisotopic (exact) mass is 303 g/mol. The van der Waals surface area contributed by atoms with E-state index in [1.807, 2.05) is 0 Å². The van der Waals surface area contributed by atoms with E-state index in [1.165, 1.54) is 6.20 Å². The molecule has 0 amide bonds. The summed E-state index contributed by atoms with van der Waals surface area (Å²) in [5.41, 5.74) is -1.44. The van der Waals surface area contributed by atoms with Gasteiger partial charge in [-0.15, -0.1) is 0 Å². The number of hydrogen-bond donors (Lipinski definition) is 1. The molecule has 0 aliphatic rings. The van der Waals surface area contributed by atoms with Gasteiger partial charge in [-0.3, -0.25) is 0 Å². The number of aromatic nitrogens is 3. The van der Waals surface area contributed by atoms with Crippen LogP contribution in [0.5, 0.6) is 0 Å². The predicted molar refractivity (Wildman–Crippen MR) is 63.5 cm³/mol. The number of imidazole rings is 1. The zero-order valence-corrected chi connectivity index (χ0v) is 10.9. The van der Waals surface area contributed by atoms with Crippen LogP contribution in [0.1, 0.15) is 16.1 Å². The molecule has 0 unspecified atom stereocenters. The van der Waals surface area contributed by atoms with Crippen molar-refractivity contribution in [2.75, 3.05) is 0 Å². The Morgan fingerprint density at radius 2 is 2.10 bits per heavy atom. The molecule has 2 heterocycles. The molecule has 0 aromatic carbocycles. The number of carboxylic acid groups (broad SMARTS) is 1. The molecule has 0 aliphatic heterocycles. The Hall–Kier alpha value is -2.03. The summed E-state index contributed by atoms with van der Waals surface area (Å²) < 4.78 is 39.4. The third kappa shape index (κ3) is 2.93. The molecule has 0 fully saturated rings. The van der Waals surface area contributed by atoms with Gasteiger partial charge in [-0.1, -0.05) is 0 Å². The highest BCUT2D eigenvalue weighted by molar-refractivity contribution is 7.99. The van der Waals surface area contributed by atoms with Crippen LogP contribution >= 0.6 is 11.8 Å². The number of aromatic carboxylic acids is 1. The van der Waals surface area contributed by atoms with Crippen molar-refractivity contribution in [3.63, 3.8) is 0 Å². The number of alkyl halides is 3. The number of carbonyl (C=O) groups is 1. The van der Waals surface area contributed by atoms with Crippen LogP contribution in [0.15, 0.2) is 34.7 Å². The van der Waals surface area contributed by atoms with E-state index in [0.29, 0.717) is 11.2 Å². The maximum Gasteiger partial charge on any atom is 0.433 e. The summed E-state index contributed by atoms with van der Waals surface area (Å²) in [5.74, 6) is -1.34. The van der Waals surface area contributed by atoms with Crippen LogP contribution in [0.4, 0.5) is 13.2 Å². The molecule has 5 nitrogen and oxygen atoms in total. The van der Waals surface area contributed by atoms with E-state index < -0.39 is 17.8 Å². The van der Waals surface area contributed by atoms with Gasteiger partial charge in [0.15, 0.2) is 5.16 Å². The lowest BCUT2D eigenvalue weighted by molar-refractivity contribution is -0.141. The van der Waals surface area contributed by atoms with E-state index in [0.717, 1.165) is 17.8 Å². The molecule has 9 heteroatoms. The van der Waals surface area contributed by atoms with Gasteiger partial charge in [-0.2, -0.15) is 13.2 Å². The highest BCUT2D eigenvalue weighted by Gasteiger charge is 2.33. The summed E-state index contributed by atoms with van der Waals surface area (Å²) in [6.45, 7) is 0. The Labute approximate surface area is 115 Å². The van der Waals surface area contributed by atoms with Gasteiger partial charge in [-0.05, 0) is 23.9 Å². The number of halogens is 3. The topological polar surface area (TPSA) is 68.0 Å². The van der Waals surface area contributed by atoms with Crippen LogP contribution in [-0.2, 0) is 13.2 Å². The number of pyridine rings is 1. The second-order valence-electron chi connectivity index (χ2n) is 3.77. The molecule has 20 heavy (non-hydrogen) atoms. The van der Waals surface area contributed by atoms with E-state index in [2.05, 4.69) is 9.97 Å². The van der Waals surface area contributed by atoms with Gasteiger partial charge in [0.1, 0.15) is 10.7 Å². The number of aryl methyl sites for hydroxylation is 1. The molecule has 106 valence electrons. The fourth-order valence-corrected chi connectivity index (χ4v) is 2.28. The average molecular weight is 303 g/mol. The van der Waals surface area contributed by atoms with Gasteiger partial charge in [0, 0.05) is 19.4 Å². The summed E-state index contributed by atoms with van der Waals surface area (Å²) >= 11 is 0.766. The van der Waals surface area contributed by atoms with Crippen molar-refractivity contribution >= 4 is 17.7 Å². The second-order valence-corrected chi connectivity index (χ2v) is 4.73. The summed E-state index contributed by atoms with van der Waals surface area (Å²) in [6, 6.07) is 1.54. The number of carboxylic acids is 1. The molecule has 0 radical (unpaired) electrons. The van der Waals surface area contributed by atoms with Crippen molar-refractivity contribution < 1.29 is 23.1 Å². The van der Waals surface area contributed by atoms with Gasteiger partial charge >= 0.3 is 12.1 Å². The smallest absolute Gasteiger partial charge is 0.433 e. The van der Waals surface area contributed by atoms with Crippen molar-refractivity contribution in [1.29, 1.82) is 0 Å². The fraction of sp³-hybridized carbons (Fsp3) is 0.182. The lowest BCUT2D eigenvalue weighted by Gasteiger charge is -2.09. The molecule has 0 saturated carbocycles. The zero-order chi connectivity index (χ0) is 14.9. The average Bonchev–Trinajstić information content (AvgIpc) is 2.73. The van der Waals surface area contributed by atoms with Gasteiger partial charge in [-0.25, -0.2) is 14.8 Å². The van der Waals surface area contributed by atoms with Crippen LogP contribution in [0.3, 0.4) is 0 Å². The Kier molecular flexibility index (Phi) is 3.71. The Morgan fingerprint density at radius 3 is 2.60 bits per heavy atom. The molecule has 0 atom stereocenters. The largest absolute Gasteiger partial charge is 0.478 e. The molecule has 0 aliphatic carbocycles. The minimum Gasteiger partial charge on any atom is -0.478 e. The molecule has 0 bridgehead atoms. The van der Waals surface area contributed by atoms with Gasteiger partial charge < -0.3 is 9.67 Å².